The fraction of sp³-hybridized carbons (Fsp3) is 0.417. The van der Waals surface area contributed by atoms with Gasteiger partial charge >= 0.3 is 11.5 Å². The summed E-state index contributed by atoms with van der Waals surface area (Å²) in [6, 6.07) is 4.61. The lowest BCUT2D eigenvalue weighted by Crippen LogP contribution is -2.13. The number of thioether (sulfide) groups is 1. The van der Waals surface area contributed by atoms with Gasteiger partial charge in [0.15, 0.2) is 0 Å². The molecule has 112 valence electrons. The zero-order chi connectivity index (χ0) is 15.3. The predicted octanol–water partition coefficient (Wildman–Crippen LogP) is 2.74. The Morgan fingerprint density at radius 3 is 2.55 bits per heavy atom. The first kappa shape index (κ1) is 16.5. The fourth-order valence-corrected chi connectivity index (χ4v) is 1.86. The van der Waals surface area contributed by atoms with E-state index in [2.05, 4.69) is 0 Å². The van der Waals surface area contributed by atoms with E-state index in [4.69, 9.17) is 10.5 Å². The van der Waals surface area contributed by atoms with Crippen LogP contribution in [0.25, 0.3) is 0 Å². The summed E-state index contributed by atoms with van der Waals surface area (Å²) in [6.45, 7) is -0.307. The van der Waals surface area contributed by atoms with Gasteiger partial charge in [-0.2, -0.15) is 13.2 Å². The van der Waals surface area contributed by atoms with E-state index in [0.717, 1.165) is 5.69 Å². The standard InChI is InChI=1S/C12H15F3N2O2S/c1-17(2)10-4-3-8(7-9(10)16)11(18)19-5-6-20-12(13,14)15/h3-4,7H,5-6,16H2,1-2H3. The van der Waals surface area contributed by atoms with Gasteiger partial charge < -0.3 is 15.4 Å². The lowest BCUT2D eigenvalue weighted by molar-refractivity contribution is -0.0331. The SMILES string of the molecule is CN(C)c1ccc(C(=O)OCCSC(F)(F)F)cc1N. The van der Waals surface area contributed by atoms with Crippen LogP contribution in [0.1, 0.15) is 10.4 Å². The quantitative estimate of drug-likeness (QED) is 0.515. The Balaban J connectivity index is 2.54. The molecule has 0 radical (unpaired) electrons. The number of carbonyl (C=O) groups excluding carboxylic acids is 1. The predicted molar refractivity (Wildman–Crippen MR) is 74.0 cm³/mol. The number of nitrogen functional groups attached to an aromatic ring is 1. The summed E-state index contributed by atoms with van der Waals surface area (Å²) in [7, 11) is 3.61. The molecule has 0 spiro atoms. The van der Waals surface area contributed by atoms with Gasteiger partial charge in [0, 0.05) is 19.8 Å². The molecule has 0 aliphatic carbocycles. The smallest absolute Gasteiger partial charge is 0.441 e. The summed E-state index contributed by atoms with van der Waals surface area (Å²) < 4.78 is 40.4. The van der Waals surface area contributed by atoms with Crippen LogP contribution in [-0.2, 0) is 4.74 Å². The van der Waals surface area contributed by atoms with Crippen LogP contribution in [0.4, 0.5) is 24.5 Å². The summed E-state index contributed by atoms with van der Waals surface area (Å²) in [4.78, 5) is 13.4. The summed E-state index contributed by atoms with van der Waals surface area (Å²) in [5.41, 5.74) is 2.81. The first-order chi connectivity index (χ1) is 9.20. The van der Waals surface area contributed by atoms with Gasteiger partial charge in [-0.25, -0.2) is 4.79 Å². The number of hydrogen-bond donors (Lipinski definition) is 1. The summed E-state index contributed by atoms with van der Waals surface area (Å²) in [5.74, 6) is -1.02. The second kappa shape index (κ2) is 6.74. The van der Waals surface area contributed by atoms with E-state index in [1.807, 2.05) is 0 Å². The maximum Gasteiger partial charge on any atom is 0.441 e. The molecule has 2 N–H and O–H groups in total. The second-order valence-corrected chi connectivity index (χ2v) is 5.26. The number of nitrogens with zero attached hydrogens (tertiary/aromatic N) is 1. The van der Waals surface area contributed by atoms with Crippen LogP contribution in [0, 0.1) is 0 Å². The molecule has 20 heavy (non-hydrogen) atoms. The number of ether oxygens (including phenoxy) is 1. The molecule has 8 heteroatoms. The van der Waals surface area contributed by atoms with Gasteiger partial charge in [0.05, 0.1) is 16.9 Å². The van der Waals surface area contributed by atoms with Crippen LogP contribution in [0.3, 0.4) is 0 Å². The molecule has 0 aliphatic rings. The molecule has 1 aromatic rings. The Kier molecular flexibility index (Phi) is 5.55. The molecule has 0 atom stereocenters. The number of hydrogen-bond acceptors (Lipinski definition) is 5. The lowest BCUT2D eigenvalue weighted by atomic mass is 10.1. The van der Waals surface area contributed by atoms with Gasteiger partial charge in [-0.1, -0.05) is 0 Å². The number of alkyl halides is 3. The van der Waals surface area contributed by atoms with Crippen molar-refractivity contribution in [3.63, 3.8) is 0 Å². The van der Waals surface area contributed by atoms with Crippen molar-refractivity contribution in [2.45, 2.75) is 5.51 Å². The average Bonchev–Trinajstić information content (AvgIpc) is 2.32. The Labute approximate surface area is 119 Å². The zero-order valence-electron chi connectivity index (χ0n) is 11.0. The van der Waals surface area contributed by atoms with Crippen molar-refractivity contribution in [3.05, 3.63) is 23.8 Å². The highest BCUT2D eigenvalue weighted by Crippen LogP contribution is 2.29. The number of carbonyl (C=O) groups is 1. The Morgan fingerprint density at radius 2 is 2.05 bits per heavy atom. The van der Waals surface area contributed by atoms with Gasteiger partial charge in [0.1, 0.15) is 6.61 Å². The van der Waals surface area contributed by atoms with Crippen LogP contribution >= 0.6 is 11.8 Å². The molecule has 1 rings (SSSR count). The van der Waals surface area contributed by atoms with Gasteiger partial charge in [-0.05, 0) is 30.0 Å². The van der Waals surface area contributed by atoms with Gasteiger partial charge in [0.25, 0.3) is 0 Å². The van der Waals surface area contributed by atoms with E-state index in [1.54, 1.807) is 25.1 Å². The third-order valence-corrected chi connectivity index (χ3v) is 3.03. The maximum atomic E-state index is 11.9. The van der Waals surface area contributed by atoms with Crippen molar-refractivity contribution in [2.24, 2.45) is 0 Å². The molecular formula is C12H15F3N2O2S. The van der Waals surface area contributed by atoms with Gasteiger partial charge in [0.2, 0.25) is 0 Å². The summed E-state index contributed by atoms with van der Waals surface area (Å²) in [5, 5.41) is 0. The molecule has 0 aromatic heterocycles. The highest BCUT2D eigenvalue weighted by atomic mass is 32.2. The second-order valence-electron chi connectivity index (χ2n) is 4.10. The van der Waals surface area contributed by atoms with E-state index < -0.39 is 11.5 Å². The molecular weight excluding hydrogens is 293 g/mol. The Hall–Kier alpha value is -1.57. The first-order valence-electron chi connectivity index (χ1n) is 5.65. The fourth-order valence-electron chi connectivity index (χ4n) is 1.46. The first-order valence-corrected chi connectivity index (χ1v) is 6.64. The minimum absolute atomic E-state index is 0.213. The molecule has 0 amide bonds. The number of nitrogens with two attached hydrogens (primary N) is 1. The monoisotopic (exact) mass is 308 g/mol. The highest BCUT2D eigenvalue weighted by Gasteiger charge is 2.27. The number of anilines is 2. The molecule has 0 aliphatic heterocycles. The third kappa shape index (κ3) is 5.20. The summed E-state index contributed by atoms with van der Waals surface area (Å²) >= 11 is -0.228. The van der Waals surface area contributed by atoms with Crippen LogP contribution in [0.15, 0.2) is 18.2 Å². The largest absolute Gasteiger partial charge is 0.461 e. The van der Waals surface area contributed by atoms with Gasteiger partial charge in [-0.15, -0.1) is 0 Å². The van der Waals surface area contributed by atoms with Crippen molar-refractivity contribution in [1.82, 2.24) is 0 Å². The molecule has 0 bridgehead atoms. The van der Waals surface area contributed by atoms with Gasteiger partial charge in [-0.3, -0.25) is 0 Å². The number of rotatable bonds is 5. The number of esters is 1. The molecule has 0 saturated heterocycles. The molecule has 1 aromatic carbocycles. The van der Waals surface area contributed by atoms with Crippen LogP contribution in [0.5, 0.6) is 0 Å². The molecule has 0 unspecified atom stereocenters. The zero-order valence-corrected chi connectivity index (χ0v) is 11.8. The van der Waals surface area contributed by atoms with Crippen LogP contribution < -0.4 is 10.6 Å². The highest BCUT2D eigenvalue weighted by molar-refractivity contribution is 8.00. The van der Waals surface area contributed by atoms with E-state index in [1.165, 1.54) is 12.1 Å². The van der Waals surface area contributed by atoms with Crippen molar-refractivity contribution >= 4 is 29.1 Å². The summed E-state index contributed by atoms with van der Waals surface area (Å²) in [6.07, 6.45) is 0. The van der Waals surface area contributed by atoms with Crippen molar-refractivity contribution in [1.29, 1.82) is 0 Å². The van der Waals surface area contributed by atoms with E-state index in [0.29, 0.717) is 5.69 Å². The third-order valence-electron chi connectivity index (χ3n) is 2.33. The maximum absolute atomic E-state index is 11.9. The lowest BCUT2D eigenvalue weighted by Gasteiger charge is -2.15. The molecule has 0 fully saturated rings. The van der Waals surface area contributed by atoms with Crippen molar-refractivity contribution in [3.8, 4) is 0 Å². The molecule has 0 saturated carbocycles. The minimum atomic E-state index is -4.32. The number of halogens is 3. The van der Waals surface area contributed by atoms with E-state index >= 15 is 0 Å². The Morgan fingerprint density at radius 1 is 1.40 bits per heavy atom. The topological polar surface area (TPSA) is 55.6 Å². The van der Waals surface area contributed by atoms with Crippen LogP contribution in [-0.4, -0.2) is 37.9 Å². The minimum Gasteiger partial charge on any atom is -0.461 e. The molecule has 4 nitrogen and oxygen atoms in total. The van der Waals surface area contributed by atoms with Crippen LogP contribution in [0.2, 0.25) is 0 Å². The van der Waals surface area contributed by atoms with Crippen molar-refractivity contribution < 1.29 is 22.7 Å². The Bertz CT molecular complexity index is 478. The van der Waals surface area contributed by atoms with E-state index in [-0.39, 0.29) is 29.7 Å². The normalized spacial score (nSPS) is 11.2. The van der Waals surface area contributed by atoms with Crippen molar-refractivity contribution in [2.75, 3.05) is 37.1 Å². The van der Waals surface area contributed by atoms with E-state index in [9.17, 15) is 18.0 Å². The number of benzene rings is 1. The average molecular weight is 308 g/mol. The molecule has 0 heterocycles.